The Balaban J connectivity index is 1.50. The van der Waals surface area contributed by atoms with Crippen LogP contribution in [0, 0.1) is 0 Å². The molecular formula is C21H24N4O5. The highest BCUT2D eigenvalue weighted by Crippen LogP contribution is 2.40. The molecule has 0 bridgehead atoms. The van der Waals surface area contributed by atoms with Crippen molar-refractivity contribution in [2.24, 2.45) is 0 Å². The Bertz CT molecular complexity index is 1060. The number of hydrogen-bond donors (Lipinski definition) is 3. The SMILES string of the molecule is C[C@H](C(=O)OC[C@H]1O[C@@](C)(c2ccc3c(N)ncnn23)[C@H](O)[C@@H]1O)c1ccccc1. The van der Waals surface area contributed by atoms with E-state index in [-0.39, 0.29) is 12.4 Å². The molecule has 5 atom stereocenters. The van der Waals surface area contributed by atoms with E-state index in [1.807, 2.05) is 30.3 Å². The molecule has 3 heterocycles. The molecule has 9 heteroatoms. The fourth-order valence-electron chi connectivity index (χ4n) is 3.82. The molecule has 1 aromatic carbocycles. The maximum Gasteiger partial charge on any atom is 0.313 e. The van der Waals surface area contributed by atoms with Crippen molar-refractivity contribution in [3.8, 4) is 0 Å². The zero-order valence-electron chi connectivity index (χ0n) is 16.7. The van der Waals surface area contributed by atoms with Crippen LogP contribution < -0.4 is 5.73 Å². The summed E-state index contributed by atoms with van der Waals surface area (Å²) in [4.78, 5) is 16.4. The third kappa shape index (κ3) is 3.30. The van der Waals surface area contributed by atoms with Crippen molar-refractivity contribution in [1.29, 1.82) is 0 Å². The number of fused-ring (bicyclic) bond motifs is 1. The summed E-state index contributed by atoms with van der Waals surface area (Å²) in [6.45, 7) is 3.21. The van der Waals surface area contributed by atoms with Crippen LogP contribution in [0.3, 0.4) is 0 Å². The zero-order chi connectivity index (χ0) is 21.5. The molecule has 0 aliphatic carbocycles. The molecule has 4 N–H and O–H groups in total. The van der Waals surface area contributed by atoms with E-state index in [2.05, 4.69) is 10.1 Å². The van der Waals surface area contributed by atoms with Crippen LogP contribution in [-0.4, -0.2) is 55.7 Å². The van der Waals surface area contributed by atoms with Gasteiger partial charge >= 0.3 is 5.97 Å². The molecule has 158 valence electrons. The Kier molecular flexibility index (Phi) is 5.19. The molecule has 1 aliphatic rings. The van der Waals surface area contributed by atoms with Gasteiger partial charge in [-0.1, -0.05) is 30.3 Å². The average molecular weight is 412 g/mol. The summed E-state index contributed by atoms with van der Waals surface area (Å²) in [5.74, 6) is -0.614. The van der Waals surface area contributed by atoms with E-state index in [0.29, 0.717) is 11.2 Å². The Morgan fingerprint density at radius 1 is 1.30 bits per heavy atom. The number of anilines is 1. The molecule has 1 fully saturated rings. The predicted molar refractivity (Wildman–Crippen MR) is 107 cm³/mol. The Labute approximate surface area is 173 Å². The van der Waals surface area contributed by atoms with Gasteiger partial charge in [-0.05, 0) is 31.5 Å². The lowest BCUT2D eigenvalue weighted by Crippen LogP contribution is -2.39. The number of rotatable bonds is 5. The van der Waals surface area contributed by atoms with Crippen molar-refractivity contribution >= 4 is 17.3 Å². The lowest BCUT2D eigenvalue weighted by atomic mass is 9.93. The van der Waals surface area contributed by atoms with Gasteiger partial charge < -0.3 is 25.4 Å². The first-order chi connectivity index (χ1) is 14.3. The van der Waals surface area contributed by atoms with Crippen LogP contribution in [0.5, 0.6) is 0 Å². The summed E-state index contributed by atoms with van der Waals surface area (Å²) in [6.07, 6.45) is -2.11. The molecule has 30 heavy (non-hydrogen) atoms. The highest BCUT2D eigenvalue weighted by molar-refractivity contribution is 5.77. The van der Waals surface area contributed by atoms with Gasteiger partial charge in [0.1, 0.15) is 42.4 Å². The number of aromatic nitrogens is 3. The molecule has 0 unspecified atom stereocenters. The maximum absolute atomic E-state index is 12.4. The summed E-state index contributed by atoms with van der Waals surface area (Å²) < 4.78 is 12.9. The van der Waals surface area contributed by atoms with E-state index in [4.69, 9.17) is 15.2 Å². The predicted octanol–water partition coefficient (Wildman–Crippen LogP) is 0.994. The molecule has 3 aromatic rings. The first-order valence-electron chi connectivity index (χ1n) is 9.67. The normalized spacial score (nSPS) is 27.3. The monoisotopic (exact) mass is 412 g/mol. The number of nitrogens with zero attached hydrogens (tertiary/aromatic N) is 3. The lowest BCUT2D eigenvalue weighted by molar-refractivity contribution is -0.153. The highest BCUT2D eigenvalue weighted by atomic mass is 16.6. The smallest absolute Gasteiger partial charge is 0.313 e. The Morgan fingerprint density at radius 3 is 2.77 bits per heavy atom. The van der Waals surface area contributed by atoms with Gasteiger partial charge in [-0.2, -0.15) is 5.10 Å². The topological polar surface area (TPSA) is 132 Å². The van der Waals surface area contributed by atoms with Gasteiger partial charge in [-0.25, -0.2) is 9.50 Å². The van der Waals surface area contributed by atoms with Crippen LogP contribution in [0.2, 0.25) is 0 Å². The number of nitrogens with two attached hydrogens (primary N) is 1. The molecule has 2 aromatic heterocycles. The second-order valence-electron chi connectivity index (χ2n) is 7.62. The van der Waals surface area contributed by atoms with Gasteiger partial charge in [-0.3, -0.25) is 4.79 Å². The molecule has 9 nitrogen and oxygen atoms in total. The number of nitrogen functional groups attached to an aromatic ring is 1. The second kappa shape index (κ2) is 7.67. The molecule has 1 aliphatic heterocycles. The van der Waals surface area contributed by atoms with Gasteiger partial charge in [0.25, 0.3) is 0 Å². The molecule has 0 spiro atoms. The van der Waals surface area contributed by atoms with Gasteiger partial charge in [-0.15, -0.1) is 0 Å². The number of benzene rings is 1. The third-order valence-electron chi connectivity index (χ3n) is 5.70. The first kappa shape index (κ1) is 20.3. The number of aliphatic hydroxyl groups excluding tert-OH is 2. The van der Waals surface area contributed by atoms with Gasteiger partial charge in [0, 0.05) is 0 Å². The van der Waals surface area contributed by atoms with E-state index in [9.17, 15) is 15.0 Å². The molecule has 0 saturated carbocycles. The Morgan fingerprint density at radius 2 is 2.03 bits per heavy atom. The Hall–Kier alpha value is -3.01. The van der Waals surface area contributed by atoms with E-state index in [0.717, 1.165) is 5.56 Å². The minimum Gasteiger partial charge on any atom is -0.462 e. The number of hydrogen-bond acceptors (Lipinski definition) is 8. The quantitative estimate of drug-likeness (QED) is 0.529. The number of carbonyl (C=O) groups excluding carboxylic acids is 1. The number of carbonyl (C=O) groups is 1. The van der Waals surface area contributed by atoms with Gasteiger partial charge in [0.2, 0.25) is 0 Å². The fourth-order valence-corrected chi connectivity index (χ4v) is 3.82. The fraction of sp³-hybridized carbons (Fsp3) is 0.381. The van der Waals surface area contributed by atoms with Gasteiger partial charge in [0.05, 0.1) is 11.6 Å². The summed E-state index contributed by atoms with van der Waals surface area (Å²) >= 11 is 0. The number of esters is 1. The second-order valence-corrected chi connectivity index (χ2v) is 7.62. The van der Waals surface area contributed by atoms with Crippen molar-refractivity contribution in [3.63, 3.8) is 0 Å². The summed E-state index contributed by atoms with van der Waals surface area (Å²) in [5.41, 5.74) is 6.49. The number of aliphatic hydroxyl groups is 2. The van der Waals surface area contributed by atoms with Crippen molar-refractivity contribution in [2.45, 2.75) is 43.7 Å². The van der Waals surface area contributed by atoms with Crippen molar-refractivity contribution in [2.75, 3.05) is 12.3 Å². The molecule has 4 rings (SSSR count). The zero-order valence-corrected chi connectivity index (χ0v) is 16.7. The molecule has 0 amide bonds. The van der Waals surface area contributed by atoms with E-state index in [1.54, 1.807) is 26.0 Å². The minimum atomic E-state index is -1.28. The van der Waals surface area contributed by atoms with E-state index in [1.165, 1.54) is 10.8 Å². The van der Waals surface area contributed by atoms with E-state index >= 15 is 0 Å². The van der Waals surface area contributed by atoms with Crippen LogP contribution in [0.1, 0.15) is 31.0 Å². The summed E-state index contributed by atoms with van der Waals surface area (Å²) in [7, 11) is 0. The van der Waals surface area contributed by atoms with Crippen LogP contribution in [0.4, 0.5) is 5.82 Å². The highest BCUT2D eigenvalue weighted by Gasteiger charge is 2.54. The van der Waals surface area contributed by atoms with Crippen LogP contribution >= 0.6 is 0 Å². The largest absolute Gasteiger partial charge is 0.462 e. The lowest BCUT2D eigenvalue weighted by Gasteiger charge is -2.27. The van der Waals surface area contributed by atoms with Crippen molar-refractivity contribution < 1.29 is 24.5 Å². The summed E-state index contributed by atoms with van der Waals surface area (Å²) in [6, 6.07) is 12.7. The third-order valence-corrected chi connectivity index (χ3v) is 5.70. The van der Waals surface area contributed by atoms with Crippen molar-refractivity contribution in [3.05, 3.63) is 60.0 Å². The van der Waals surface area contributed by atoms with Gasteiger partial charge in [0.15, 0.2) is 5.82 Å². The molecular weight excluding hydrogens is 388 g/mol. The van der Waals surface area contributed by atoms with E-state index < -0.39 is 35.8 Å². The molecule has 1 saturated heterocycles. The first-order valence-corrected chi connectivity index (χ1v) is 9.67. The van der Waals surface area contributed by atoms with Crippen LogP contribution in [-0.2, 0) is 19.9 Å². The maximum atomic E-state index is 12.4. The standard InChI is InChI=1S/C21H24N4O5/c1-12(13-6-4-3-5-7-13)20(28)29-10-15-17(26)18(27)21(2,30-15)16-9-8-14-19(22)23-11-24-25(14)16/h3-9,11-12,15,17-18,26-27H,10H2,1-2H3,(H2,22,23,24)/t12-,15+,17+,18+,21-/m0/s1. The average Bonchev–Trinajstić information content (AvgIpc) is 3.29. The summed E-state index contributed by atoms with van der Waals surface area (Å²) in [5, 5.41) is 25.5. The molecule has 0 radical (unpaired) electrons. The van der Waals surface area contributed by atoms with Crippen LogP contribution in [0.25, 0.3) is 5.52 Å². The number of ether oxygens (including phenoxy) is 2. The minimum absolute atomic E-state index is 0.190. The van der Waals surface area contributed by atoms with Crippen molar-refractivity contribution in [1.82, 2.24) is 14.6 Å². The van der Waals surface area contributed by atoms with Crippen LogP contribution in [0.15, 0.2) is 48.8 Å².